The summed E-state index contributed by atoms with van der Waals surface area (Å²) in [5, 5.41) is 16.4. The van der Waals surface area contributed by atoms with Crippen molar-refractivity contribution in [3.05, 3.63) is 35.4 Å². The van der Waals surface area contributed by atoms with Gasteiger partial charge in [-0.3, -0.25) is 10.3 Å². The number of nitrogens with one attached hydrogen (secondary N) is 1. The first kappa shape index (κ1) is 13.7. The molecular formula is C13H21N3O. The molecule has 1 aromatic carbocycles. The Bertz CT molecular complexity index is 365. The quantitative estimate of drug-likeness (QED) is 0.491. The van der Waals surface area contributed by atoms with Crippen molar-refractivity contribution in [2.24, 2.45) is 5.73 Å². The monoisotopic (exact) mass is 235 g/mol. The van der Waals surface area contributed by atoms with Crippen LogP contribution < -0.4 is 5.73 Å². The zero-order valence-electron chi connectivity index (χ0n) is 10.3. The van der Waals surface area contributed by atoms with Gasteiger partial charge in [0.1, 0.15) is 5.84 Å². The lowest BCUT2D eigenvalue weighted by molar-refractivity contribution is 0.225. The van der Waals surface area contributed by atoms with Gasteiger partial charge in [0.15, 0.2) is 0 Å². The number of hydrogen-bond acceptors (Lipinski definition) is 3. The van der Waals surface area contributed by atoms with Gasteiger partial charge >= 0.3 is 0 Å². The number of benzene rings is 1. The summed E-state index contributed by atoms with van der Waals surface area (Å²) in [6.45, 7) is 4.86. The van der Waals surface area contributed by atoms with Gasteiger partial charge in [0.2, 0.25) is 0 Å². The minimum absolute atomic E-state index is 0.110. The van der Waals surface area contributed by atoms with E-state index in [2.05, 4.69) is 11.8 Å². The molecule has 1 rings (SSSR count). The molecule has 0 spiro atoms. The Balaban J connectivity index is 2.75. The first-order valence-electron chi connectivity index (χ1n) is 5.94. The van der Waals surface area contributed by atoms with Crippen molar-refractivity contribution in [2.75, 3.05) is 19.7 Å². The lowest BCUT2D eigenvalue weighted by Gasteiger charge is -2.21. The highest BCUT2D eigenvalue weighted by Gasteiger charge is 2.08. The second kappa shape index (κ2) is 7.04. The summed E-state index contributed by atoms with van der Waals surface area (Å²) in [6.07, 6.45) is 0.774. The summed E-state index contributed by atoms with van der Waals surface area (Å²) in [4.78, 5) is 2.23. The highest BCUT2D eigenvalue weighted by Crippen LogP contribution is 2.11. The third-order valence-electron chi connectivity index (χ3n) is 2.78. The maximum absolute atomic E-state index is 8.84. The highest BCUT2D eigenvalue weighted by molar-refractivity contribution is 5.96. The Morgan fingerprint density at radius 3 is 2.71 bits per heavy atom. The van der Waals surface area contributed by atoms with E-state index >= 15 is 0 Å². The zero-order valence-corrected chi connectivity index (χ0v) is 10.3. The average Bonchev–Trinajstić information content (AvgIpc) is 2.34. The van der Waals surface area contributed by atoms with Crippen molar-refractivity contribution in [3.63, 3.8) is 0 Å². The molecule has 0 aromatic heterocycles. The van der Waals surface area contributed by atoms with E-state index in [1.807, 2.05) is 24.3 Å². The molecule has 0 aliphatic carbocycles. The van der Waals surface area contributed by atoms with Gasteiger partial charge < -0.3 is 10.8 Å². The summed E-state index contributed by atoms with van der Waals surface area (Å²) in [6, 6.07) is 7.72. The van der Waals surface area contributed by atoms with Crippen molar-refractivity contribution < 1.29 is 5.11 Å². The second-order valence-electron chi connectivity index (χ2n) is 4.02. The van der Waals surface area contributed by atoms with Crippen LogP contribution in [0.5, 0.6) is 0 Å². The molecule has 0 bridgehead atoms. The fraction of sp³-hybridized carbons (Fsp3) is 0.462. The van der Waals surface area contributed by atoms with Gasteiger partial charge in [-0.15, -0.1) is 0 Å². The van der Waals surface area contributed by atoms with Crippen LogP contribution in [0.2, 0.25) is 0 Å². The topological polar surface area (TPSA) is 73.3 Å². The molecule has 0 saturated heterocycles. The number of nitrogen functional groups attached to an aromatic ring is 1. The summed E-state index contributed by atoms with van der Waals surface area (Å²) in [5.41, 5.74) is 7.43. The maximum Gasteiger partial charge on any atom is 0.123 e. The first-order valence-corrected chi connectivity index (χ1v) is 5.94. The molecule has 0 heterocycles. The number of hydrogen-bond donors (Lipinski definition) is 3. The van der Waals surface area contributed by atoms with Gasteiger partial charge in [0.05, 0.1) is 0 Å². The number of aliphatic hydroxyl groups is 1. The van der Waals surface area contributed by atoms with Crippen LogP contribution in [0.25, 0.3) is 0 Å². The number of amidine groups is 1. The lowest BCUT2D eigenvalue weighted by Crippen LogP contribution is -2.26. The van der Waals surface area contributed by atoms with E-state index in [-0.39, 0.29) is 12.4 Å². The van der Waals surface area contributed by atoms with Gasteiger partial charge in [0.25, 0.3) is 0 Å². The normalized spacial score (nSPS) is 10.8. The molecule has 17 heavy (non-hydrogen) atoms. The molecule has 4 nitrogen and oxygen atoms in total. The van der Waals surface area contributed by atoms with E-state index in [4.69, 9.17) is 16.2 Å². The van der Waals surface area contributed by atoms with Crippen molar-refractivity contribution in [3.8, 4) is 0 Å². The molecule has 0 saturated carbocycles. The second-order valence-corrected chi connectivity index (χ2v) is 4.02. The Labute approximate surface area is 103 Å². The Hall–Kier alpha value is -1.39. The van der Waals surface area contributed by atoms with Crippen LogP contribution in [0.4, 0.5) is 0 Å². The largest absolute Gasteiger partial charge is 0.396 e. The van der Waals surface area contributed by atoms with E-state index in [1.54, 1.807) is 0 Å². The highest BCUT2D eigenvalue weighted by atomic mass is 16.3. The van der Waals surface area contributed by atoms with E-state index in [0.29, 0.717) is 0 Å². The van der Waals surface area contributed by atoms with Crippen molar-refractivity contribution in [1.82, 2.24) is 4.90 Å². The molecular weight excluding hydrogens is 214 g/mol. The molecule has 0 unspecified atom stereocenters. The smallest absolute Gasteiger partial charge is 0.123 e. The van der Waals surface area contributed by atoms with E-state index in [1.165, 1.54) is 0 Å². The molecule has 1 aromatic rings. The van der Waals surface area contributed by atoms with Gasteiger partial charge in [-0.2, -0.15) is 0 Å². The molecule has 0 atom stereocenters. The summed E-state index contributed by atoms with van der Waals surface area (Å²) < 4.78 is 0. The number of aliphatic hydroxyl groups excluding tert-OH is 1. The Kier molecular flexibility index (Phi) is 5.66. The molecule has 0 aliphatic rings. The minimum Gasteiger partial charge on any atom is -0.396 e. The zero-order chi connectivity index (χ0) is 12.7. The first-order chi connectivity index (χ1) is 8.19. The predicted octanol–water partition coefficient (Wildman–Crippen LogP) is 1.17. The Morgan fingerprint density at radius 2 is 2.12 bits per heavy atom. The van der Waals surface area contributed by atoms with Gasteiger partial charge in [-0.25, -0.2) is 0 Å². The van der Waals surface area contributed by atoms with Crippen LogP contribution in [0, 0.1) is 5.41 Å². The fourth-order valence-electron chi connectivity index (χ4n) is 1.81. The summed E-state index contributed by atoms with van der Waals surface area (Å²) >= 11 is 0. The predicted molar refractivity (Wildman–Crippen MR) is 70.1 cm³/mol. The van der Waals surface area contributed by atoms with E-state index in [9.17, 15) is 0 Å². The maximum atomic E-state index is 8.84. The minimum atomic E-state index is 0.110. The van der Waals surface area contributed by atoms with E-state index in [0.717, 1.165) is 37.2 Å². The number of nitrogens with zero attached hydrogens (tertiary/aromatic N) is 1. The molecule has 94 valence electrons. The SMILES string of the molecule is CCN(CCCO)Cc1ccccc1C(=N)N. The number of nitrogens with two attached hydrogens (primary N) is 1. The van der Waals surface area contributed by atoms with Crippen LogP contribution in [0.1, 0.15) is 24.5 Å². The standard InChI is InChI=1S/C13H21N3O/c1-2-16(8-5-9-17)10-11-6-3-4-7-12(11)13(14)15/h3-4,6-7,17H,2,5,8-10H2,1H3,(H3,14,15). The molecule has 0 amide bonds. The lowest BCUT2D eigenvalue weighted by atomic mass is 10.1. The van der Waals surface area contributed by atoms with Gasteiger partial charge in [0, 0.05) is 25.3 Å². The van der Waals surface area contributed by atoms with Crippen LogP contribution in [-0.2, 0) is 6.54 Å². The van der Waals surface area contributed by atoms with E-state index < -0.39 is 0 Å². The van der Waals surface area contributed by atoms with Gasteiger partial charge in [-0.05, 0) is 18.5 Å². The van der Waals surface area contributed by atoms with Crippen LogP contribution >= 0.6 is 0 Å². The molecule has 4 heteroatoms. The van der Waals surface area contributed by atoms with Crippen LogP contribution in [-0.4, -0.2) is 35.5 Å². The average molecular weight is 235 g/mol. The summed E-state index contributed by atoms with van der Waals surface area (Å²) in [5.74, 6) is 0.110. The molecule has 0 fully saturated rings. The number of rotatable bonds is 7. The summed E-state index contributed by atoms with van der Waals surface area (Å²) in [7, 11) is 0. The fourth-order valence-corrected chi connectivity index (χ4v) is 1.81. The van der Waals surface area contributed by atoms with Crippen molar-refractivity contribution >= 4 is 5.84 Å². The molecule has 0 radical (unpaired) electrons. The van der Waals surface area contributed by atoms with Crippen molar-refractivity contribution in [1.29, 1.82) is 5.41 Å². The van der Waals surface area contributed by atoms with Crippen LogP contribution in [0.3, 0.4) is 0 Å². The molecule has 0 aliphatic heterocycles. The third kappa shape index (κ3) is 4.17. The Morgan fingerprint density at radius 1 is 1.41 bits per heavy atom. The van der Waals surface area contributed by atoms with Gasteiger partial charge in [-0.1, -0.05) is 31.2 Å². The third-order valence-corrected chi connectivity index (χ3v) is 2.78. The van der Waals surface area contributed by atoms with Crippen LogP contribution in [0.15, 0.2) is 24.3 Å². The molecule has 4 N–H and O–H groups in total. The van der Waals surface area contributed by atoms with Crippen molar-refractivity contribution in [2.45, 2.75) is 19.9 Å².